The molecule has 0 radical (unpaired) electrons. The van der Waals surface area contributed by atoms with Crippen molar-refractivity contribution in [3.63, 3.8) is 0 Å². The lowest BCUT2D eigenvalue weighted by molar-refractivity contribution is -0.124. The number of guanidine groups is 1. The van der Waals surface area contributed by atoms with Crippen LogP contribution in [0.3, 0.4) is 0 Å². The molecule has 142 valence electrons. The second-order valence-electron chi connectivity index (χ2n) is 7.47. The summed E-state index contributed by atoms with van der Waals surface area (Å²) in [5.41, 5.74) is 0.654. The quantitative estimate of drug-likeness (QED) is 0.861. The van der Waals surface area contributed by atoms with Crippen molar-refractivity contribution in [2.75, 3.05) is 38.2 Å². The zero-order valence-corrected chi connectivity index (χ0v) is 15.6. The summed E-state index contributed by atoms with van der Waals surface area (Å²) in [7, 11) is 1.67. The largest absolute Gasteiger partial charge is 0.497 e. The van der Waals surface area contributed by atoms with Gasteiger partial charge in [-0.05, 0) is 37.1 Å². The van der Waals surface area contributed by atoms with E-state index in [2.05, 4.69) is 33.3 Å². The second kappa shape index (κ2) is 7.10. The van der Waals surface area contributed by atoms with Crippen molar-refractivity contribution < 1.29 is 9.53 Å². The van der Waals surface area contributed by atoms with Gasteiger partial charge in [0.25, 0.3) is 0 Å². The van der Waals surface area contributed by atoms with Crippen molar-refractivity contribution in [2.45, 2.75) is 31.2 Å². The third-order valence-electron chi connectivity index (χ3n) is 5.98. The minimum atomic E-state index is -0.663. The number of anilines is 1. The first kappa shape index (κ1) is 17.7. The Morgan fingerprint density at radius 1 is 1.15 bits per heavy atom. The molecule has 0 bridgehead atoms. The number of nitriles is 1. The highest BCUT2D eigenvalue weighted by atomic mass is 16.5. The molecule has 2 fully saturated rings. The molecule has 0 unspecified atom stereocenters. The number of hydrogen-bond donors (Lipinski definition) is 1. The summed E-state index contributed by atoms with van der Waals surface area (Å²) in [6.45, 7) is 3.29. The fraction of sp³-hybridized carbons (Fsp3) is 0.550. The summed E-state index contributed by atoms with van der Waals surface area (Å²) in [4.78, 5) is 21.9. The Bertz CT molecular complexity index is 769. The van der Waals surface area contributed by atoms with Crippen molar-refractivity contribution >= 4 is 17.6 Å². The second-order valence-corrected chi connectivity index (χ2v) is 7.47. The van der Waals surface area contributed by atoms with Crippen LogP contribution in [0, 0.1) is 17.2 Å². The normalized spacial score (nSPS) is 24.4. The molecule has 2 aliphatic heterocycles. The van der Waals surface area contributed by atoms with Gasteiger partial charge in [-0.3, -0.25) is 10.1 Å². The molecule has 1 atom stereocenters. The third-order valence-corrected chi connectivity index (χ3v) is 5.98. The Kier molecular flexibility index (Phi) is 4.65. The maximum Gasteiger partial charge on any atom is 0.246 e. The van der Waals surface area contributed by atoms with Crippen LogP contribution in [-0.2, 0) is 4.79 Å². The summed E-state index contributed by atoms with van der Waals surface area (Å²) < 4.78 is 5.22. The van der Waals surface area contributed by atoms with Crippen LogP contribution in [0.1, 0.15) is 25.7 Å². The maximum absolute atomic E-state index is 12.5. The third kappa shape index (κ3) is 3.20. The SMILES string of the molecule is COc1ccc(N2CCN(C3=NC4(CCCC4)[C@H](C#N)C(=O)N3)CC2)cc1. The topological polar surface area (TPSA) is 81.0 Å². The summed E-state index contributed by atoms with van der Waals surface area (Å²) in [5, 5.41) is 12.4. The highest BCUT2D eigenvalue weighted by Crippen LogP contribution is 2.41. The average molecular weight is 367 g/mol. The van der Waals surface area contributed by atoms with Crippen LogP contribution in [-0.4, -0.2) is 55.6 Å². The first-order valence-electron chi connectivity index (χ1n) is 9.59. The van der Waals surface area contributed by atoms with Crippen molar-refractivity contribution in [3.8, 4) is 11.8 Å². The van der Waals surface area contributed by atoms with E-state index in [4.69, 9.17) is 9.73 Å². The van der Waals surface area contributed by atoms with Crippen LogP contribution in [0.2, 0.25) is 0 Å². The molecule has 27 heavy (non-hydrogen) atoms. The number of benzene rings is 1. The fourth-order valence-corrected chi connectivity index (χ4v) is 4.42. The van der Waals surface area contributed by atoms with E-state index < -0.39 is 11.5 Å². The van der Waals surface area contributed by atoms with Crippen LogP contribution in [0.15, 0.2) is 29.3 Å². The van der Waals surface area contributed by atoms with Crippen molar-refractivity contribution in [1.29, 1.82) is 5.26 Å². The van der Waals surface area contributed by atoms with Crippen LogP contribution in [0.5, 0.6) is 5.75 Å². The molecule has 1 aliphatic carbocycles. The first-order valence-corrected chi connectivity index (χ1v) is 9.59. The van der Waals surface area contributed by atoms with Gasteiger partial charge in [-0.2, -0.15) is 5.26 Å². The van der Waals surface area contributed by atoms with E-state index >= 15 is 0 Å². The lowest BCUT2D eigenvalue weighted by atomic mass is 9.82. The molecule has 7 heteroatoms. The molecule has 1 spiro atoms. The van der Waals surface area contributed by atoms with Gasteiger partial charge in [0.1, 0.15) is 5.75 Å². The highest BCUT2D eigenvalue weighted by molar-refractivity contribution is 6.02. The minimum Gasteiger partial charge on any atom is -0.497 e. The number of carbonyl (C=O) groups excluding carboxylic acids is 1. The summed E-state index contributed by atoms with van der Waals surface area (Å²) >= 11 is 0. The Balaban J connectivity index is 1.46. The van der Waals surface area contributed by atoms with Gasteiger partial charge in [0.15, 0.2) is 5.92 Å². The van der Waals surface area contributed by atoms with E-state index in [1.54, 1.807) is 7.11 Å². The van der Waals surface area contributed by atoms with Crippen molar-refractivity contribution in [3.05, 3.63) is 24.3 Å². The smallest absolute Gasteiger partial charge is 0.246 e. The number of rotatable bonds is 2. The predicted octanol–water partition coefficient (Wildman–Crippen LogP) is 1.76. The molecule has 3 aliphatic rings. The minimum absolute atomic E-state index is 0.193. The number of nitrogens with zero attached hydrogens (tertiary/aromatic N) is 4. The molecule has 7 nitrogen and oxygen atoms in total. The Hall–Kier alpha value is -2.75. The van der Waals surface area contributed by atoms with E-state index in [-0.39, 0.29) is 5.91 Å². The van der Waals surface area contributed by atoms with E-state index in [1.807, 2.05) is 12.1 Å². The van der Waals surface area contributed by atoms with Gasteiger partial charge >= 0.3 is 0 Å². The number of methoxy groups -OCH3 is 1. The Morgan fingerprint density at radius 2 is 1.78 bits per heavy atom. The lowest BCUT2D eigenvalue weighted by Gasteiger charge is -2.41. The lowest BCUT2D eigenvalue weighted by Crippen LogP contribution is -2.59. The molecular weight excluding hydrogens is 342 g/mol. The van der Waals surface area contributed by atoms with Crippen LogP contribution < -0.4 is 15.0 Å². The van der Waals surface area contributed by atoms with Gasteiger partial charge in [0, 0.05) is 31.9 Å². The zero-order chi connectivity index (χ0) is 18.9. The molecule has 1 aromatic rings. The van der Waals surface area contributed by atoms with Crippen molar-refractivity contribution in [2.24, 2.45) is 10.9 Å². The zero-order valence-electron chi connectivity index (χ0n) is 15.6. The Labute approximate surface area is 159 Å². The maximum atomic E-state index is 12.5. The molecule has 2 heterocycles. The van der Waals surface area contributed by atoms with Crippen LogP contribution in [0.25, 0.3) is 0 Å². The van der Waals surface area contributed by atoms with E-state index in [1.165, 1.54) is 5.69 Å². The molecule has 1 amide bonds. The standard InChI is InChI=1S/C20H25N5O2/c1-27-16-6-4-15(5-7-16)24-10-12-25(13-11-24)19-22-18(26)17(14-21)20(23-19)8-2-3-9-20/h4-7,17H,2-3,8-13H2,1H3,(H,22,23,26)/t17-/m1/s1. The molecule has 1 saturated carbocycles. The van der Waals surface area contributed by atoms with E-state index in [0.29, 0.717) is 5.96 Å². The number of carbonyl (C=O) groups is 1. The molecule has 4 rings (SSSR count). The van der Waals surface area contributed by atoms with E-state index in [0.717, 1.165) is 57.6 Å². The summed E-state index contributed by atoms with van der Waals surface area (Å²) in [6, 6.07) is 10.3. The molecule has 1 N–H and O–H groups in total. The fourth-order valence-electron chi connectivity index (χ4n) is 4.42. The summed E-state index contributed by atoms with van der Waals surface area (Å²) in [5.74, 6) is 0.652. The number of amides is 1. The van der Waals surface area contributed by atoms with Gasteiger partial charge in [-0.25, -0.2) is 4.99 Å². The van der Waals surface area contributed by atoms with Gasteiger partial charge < -0.3 is 14.5 Å². The molecule has 1 aromatic carbocycles. The number of piperazine rings is 1. The number of ether oxygens (including phenoxy) is 1. The highest BCUT2D eigenvalue weighted by Gasteiger charge is 2.49. The summed E-state index contributed by atoms with van der Waals surface area (Å²) in [6.07, 6.45) is 3.73. The number of hydrogen-bond acceptors (Lipinski definition) is 6. The predicted molar refractivity (Wildman–Crippen MR) is 103 cm³/mol. The monoisotopic (exact) mass is 367 g/mol. The number of aliphatic imine (C=N–C) groups is 1. The van der Waals surface area contributed by atoms with Crippen LogP contribution >= 0.6 is 0 Å². The molecule has 0 aromatic heterocycles. The van der Waals surface area contributed by atoms with Gasteiger partial charge in [-0.15, -0.1) is 0 Å². The molecular formula is C20H25N5O2. The van der Waals surface area contributed by atoms with Gasteiger partial charge in [0.2, 0.25) is 11.9 Å². The average Bonchev–Trinajstić information content (AvgIpc) is 3.16. The Morgan fingerprint density at radius 3 is 2.37 bits per heavy atom. The van der Waals surface area contributed by atoms with E-state index in [9.17, 15) is 10.1 Å². The van der Waals surface area contributed by atoms with Crippen molar-refractivity contribution in [1.82, 2.24) is 10.2 Å². The van der Waals surface area contributed by atoms with Crippen LogP contribution in [0.4, 0.5) is 5.69 Å². The molecule has 1 saturated heterocycles. The first-order chi connectivity index (χ1) is 13.1. The van der Waals surface area contributed by atoms with Gasteiger partial charge in [-0.1, -0.05) is 12.8 Å². The van der Waals surface area contributed by atoms with Gasteiger partial charge in [0.05, 0.1) is 18.7 Å². The number of nitrogens with one attached hydrogen (secondary N) is 1.